The van der Waals surface area contributed by atoms with E-state index in [1.165, 1.54) is 117 Å². The second-order valence-corrected chi connectivity index (χ2v) is 31.3. The molecule has 13 atom stereocenters. The number of nitrogens with two attached hydrogens (primary N) is 1. The van der Waals surface area contributed by atoms with Gasteiger partial charge in [-0.1, -0.05) is 96.5 Å². The van der Waals surface area contributed by atoms with Gasteiger partial charge in [-0.3, -0.25) is 81.5 Å². The Labute approximate surface area is 711 Å². The van der Waals surface area contributed by atoms with E-state index >= 15 is 14.4 Å². The molecular weight excluding hydrogens is 1630 g/mol. The predicted molar refractivity (Wildman–Crippen MR) is 442 cm³/mol. The average Bonchev–Trinajstić information content (AvgIpc) is 1.17. The third-order valence-electron chi connectivity index (χ3n) is 19.2. The molecule has 1 saturated heterocycles. The molecule has 5 aromatic rings. The predicted octanol–water partition coefficient (Wildman–Crippen LogP) is -4.23. The molecule has 0 radical (unpaired) electrons. The number of amides is 16. The Hall–Kier alpha value is -13.4. The number of benzene rings is 4. The van der Waals surface area contributed by atoms with Crippen molar-refractivity contribution in [1.29, 1.82) is 0 Å². The maximum Gasteiger partial charge on any atom is 0.305 e. The van der Waals surface area contributed by atoms with Gasteiger partial charge >= 0.3 is 5.97 Å². The molecule has 24 N–H and O–H groups in total. The van der Waals surface area contributed by atoms with Gasteiger partial charge in [0.15, 0.2) is 0 Å². The number of hydrogen-bond acceptors (Lipinski definition) is 24. The molecule has 1 aromatic heterocycles. The number of phenols is 4. The van der Waals surface area contributed by atoms with Crippen LogP contribution < -0.4 is 85.5 Å². The van der Waals surface area contributed by atoms with Crippen LogP contribution in [0.25, 0.3) is 0 Å². The van der Waals surface area contributed by atoms with Crippen molar-refractivity contribution >= 4 is 112 Å². The number of nitrogens with one attached hydrogen (secondary N) is 16. The molecular formula is C81H108N18O23S. The smallest absolute Gasteiger partial charge is 0.305 e. The van der Waals surface area contributed by atoms with E-state index in [1.54, 1.807) is 41.5 Å². The van der Waals surface area contributed by atoms with Gasteiger partial charge in [0.25, 0.3) is 0 Å². The molecule has 16 amide bonds. The van der Waals surface area contributed by atoms with E-state index < -0.39 is 235 Å². The second kappa shape index (κ2) is 48.7. The van der Waals surface area contributed by atoms with Crippen molar-refractivity contribution in [3.63, 3.8) is 0 Å². The lowest BCUT2D eigenvalue weighted by molar-refractivity contribution is -0.141. The van der Waals surface area contributed by atoms with Crippen LogP contribution >= 0.6 is 11.8 Å². The first-order valence-corrected chi connectivity index (χ1v) is 40.6. The Kier molecular flexibility index (Phi) is 39.0. The molecule has 0 spiro atoms. The molecule has 41 nitrogen and oxygen atoms in total. The van der Waals surface area contributed by atoms with E-state index in [-0.39, 0.29) is 80.1 Å². The number of aromatic hydroxyl groups is 4. The number of carbonyl (C=O) groups is 17. The van der Waals surface area contributed by atoms with Gasteiger partial charge in [0.1, 0.15) is 95.5 Å². The molecule has 123 heavy (non-hydrogen) atoms. The summed E-state index contributed by atoms with van der Waals surface area (Å²) in [5.74, 6) is -21.5. The summed E-state index contributed by atoms with van der Waals surface area (Å²) in [5, 5.41) is 98.4. The molecule has 13 unspecified atom stereocenters. The van der Waals surface area contributed by atoms with Gasteiger partial charge in [0.05, 0.1) is 50.4 Å². The largest absolute Gasteiger partial charge is 0.508 e. The van der Waals surface area contributed by atoms with Gasteiger partial charge in [-0.05, 0) is 108 Å². The standard InChI is InChI=1S/C81H108N18O23S/c1-8-43(6)69-81(122)97-59(30-48-15-23-53(104)24-16-48)77(118)95-58(29-47-13-21-52(103)22-14-47)74(115)88-44(7)70(111)98-62(37-100)80(121)93-55(26-42(4)5)75(116)94-56(27-45-9-17-50(101)18-10-45)72(113)86-35-65(106)89-61(32-68(109)110)78(119)92-54(25-41(2)3)71(112)85-36-66(107)91-63(73(114)84-34-64(82)105)38-123-39-67(108)90-57(28-46-11-19-51(102)20-12-46)76(117)96-60(79(120)99-69)31-49-33-83-40-87-49/h9-24,33,40-44,54-63,69,100-104H,8,25-32,34-39H2,1-7H3,(H2,82,105)(H,83,87)(H,84,114)(H,85,112)(H,86,113)(H,88,115)(H,89,106)(H,90,108)(H,91,107)(H,92,119)(H,93,121)(H,94,116)(H,95,118)(H,96,117)(H,97,122)(H,98,111)(H,99,120)(H,109,110). The molecule has 1 fully saturated rings. The Bertz CT molecular complexity index is 4500. The fraction of sp³-hybridized carbons (Fsp3) is 0.457. The maximum absolute atomic E-state index is 15.1. The first kappa shape index (κ1) is 98.4. The summed E-state index contributed by atoms with van der Waals surface area (Å²) in [4.78, 5) is 246. The number of primary amides is 1. The quantitative estimate of drug-likeness (QED) is 0.0312. The van der Waals surface area contributed by atoms with Crippen LogP contribution in [0, 0.1) is 17.8 Å². The van der Waals surface area contributed by atoms with Gasteiger partial charge in [-0.2, -0.15) is 0 Å². The van der Waals surface area contributed by atoms with E-state index in [4.69, 9.17) is 5.73 Å². The Balaban J connectivity index is 1.40. The van der Waals surface area contributed by atoms with Gasteiger partial charge in [0.2, 0.25) is 94.5 Å². The van der Waals surface area contributed by atoms with Crippen LogP contribution in [-0.4, -0.2) is 251 Å². The number of aromatic amines is 1. The first-order valence-electron chi connectivity index (χ1n) is 39.5. The molecule has 666 valence electrons. The molecule has 42 heteroatoms. The normalized spacial score (nSPS) is 23.1. The molecule has 1 aliphatic rings. The number of nitrogens with zero attached hydrogens (tertiary/aromatic N) is 1. The highest BCUT2D eigenvalue weighted by molar-refractivity contribution is 8.00. The highest BCUT2D eigenvalue weighted by atomic mass is 32.2. The molecule has 6 rings (SSSR count). The lowest BCUT2D eigenvalue weighted by Gasteiger charge is -2.29. The van der Waals surface area contributed by atoms with E-state index in [1.807, 2.05) is 0 Å². The number of hydrogen-bond donors (Lipinski definition) is 23. The highest BCUT2D eigenvalue weighted by Crippen LogP contribution is 2.20. The van der Waals surface area contributed by atoms with Crippen LogP contribution in [-0.2, 0) is 114 Å². The second-order valence-electron chi connectivity index (χ2n) is 30.3. The number of carboxylic acid groups (broad SMARTS) is 1. The number of H-pyrrole nitrogens is 1. The lowest BCUT2D eigenvalue weighted by Crippen LogP contribution is -2.62. The SMILES string of the molecule is CCC(C)C1NC(=O)C(Cc2c[nH]cn2)NC(=O)C(Cc2ccc(O)cc2)NC(=O)CSCC(C(=O)NCC(N)=O)NC(=O)CNC(=O)C(CC(C)C)NC(=O)C(CC(=O)O)NC(=O)CNC(=O)C(Cc2ccc(O)cc2)NC(=O)C(CC(C)C)NC(=O)C(CO)NC(=O)C(C)NC(=O)C(Cc2ccc(O)cc2)NC(=O)C(Cc2ccc(O)cc2)NC1=O. The highest BCUT2D eigenvalue weighted by Gasteiger charge is 2.39. The number of aliphatic carboxylic acids is 1. The van der Waals surface area contributed by atoms with E-state index in [2.05, 4.69) is 89.7 Å². The van der Waals surface area contributed by atoms with Crippen molar-refractivity contribution in [2.24, 2.45) is 23.5 Å². The van der Waals surface area contributed by atoms with Crippen LogP contribution in [0.1, 0.15) is 102 Å². The number of aliphatic hydroxyl groups excluding tert-OH is 1. The number of thioether (sulfide) groups is 1. The zero-order valence-corrected chi connectivity index (χ0v) is 69.5. The topological polar surface area (TPSA) is 647 Å². The van der Waals surface area contributed by atoms with Crippen LogP contribution in [0.5, 0.6) is 23.0 Å². The fourth-order valence-electron chi connectivity index (χ4n) is 12.4. The van der Waals surface area contributed by atoms with Gasteiger partial charge in [-0.15, -0.1) is 11.8 Å². The number of imidazole rings is 1. The lowest BCUT2D eigenvalue weighted by atomic mass is 9.96. The third kappa shape index (κ3) is 34.0. The summed E-state index contributed by atoms with van der Waals surface area (Å²) in [6.45, 7) is 7.39. The number of rotatable bonds is 22. The Morgan fingerprint density at radius 1 is 0.455 bits per heavy atom. The first-order chi connectivity index (χ1) is 58.3. The summed E-state index contributed by atoms with van der Waals surface area (Å²) < 4.78 is 0. The van der Waals surface area contributed by atoms with Crippen LogP contribution in [0.3, 0.4) is 0 Å². The van der Waals surface area contributed by atoms with Gasteiger partial charge in [-0.25, -0.2) is 4.98 Å². The van der Waals surface area contributed by atoms with Crippen molar-refractivity contribution in [3.05, 3.63) is 138 Å². The molecule has 0 aliphatic carbocycles. The fourth-order valence-corrected chi connectivity index (χ4v) is 13.3. The van der Waals surface area contributed by atoms with E-state index in [0.29, 0.717) is 22.3 Å². The zero-order valence-electron chi connectivity index (χ0n) is 68.7. The molecule has 4 aromatic carbocycles. The van der Waals surface area contributed by atoms with Gasteiger partial charge in [0, 0.05) is 44.1 Å². The molecule has 1 aliphatic heterocycles. The van der Waals surface area contributed by atoms with Gasteiger partial charge < -0.3 is 121 Å². The Morgan fingerprint density at radius 2 is 0.821 bits per heavy atom. The zero-order chi connectivity index (χ0) is 90.7. The molecule has 0 saturated carbocycles. The summed E-state index contributed by atoms with van der Waals surface area (Å²) in [7, 11) is 0. The minimum atomic E-state index is -1.95. The van der Waals surface area contributed by atoms with Crippen molar-refractivity contribution in [1.82, 2.24) is 89.7 Å². The maximum atomic E-state index is 15.1. The number of carbonyl (C=O) groups excluding carboxylic acids is 16. The van der Waals surface area contributed by atoms with E-state index in [9.17, 15) is 97.8 Å². The van der Waals surface area contributed by atoms with Crippen LogP contribution in [0.4, 0.5) is 0 Å². The van der Waals surface area contributed by atoms with Crippen molar-refractivity contribution in [2.45, 2.75) is 179 Å². The summed E-state index contributed by atoms with van der Waals surface area (Å²) in [5.41, 5.74) is 6.91. The average molecular weight is 1730 g/mol. The van der Waals surface area contributed by atoms with Crippen molar-refractivity contribution < 1.29 is 112 Å². The number of carboxylic acids is 1. The number of aliphatic hydroxyl groups is 1. The van der Waals surface area contributed by atoms with E-state index in [0.717, 1.165) is 11.8 Å². The minimum Gasteiger partial charge on any atom is -0.508 e. The number of phenolic OH excluding ortho intramolecular Hbond substituents is 4. The van der Waals surface area contributed by atoms with Crippen LogP contribution in [0.15, 0.2) is 110 Å². The van der Waals surface area contributed by atoms with Crippen LogP contribution in [0.2, 0.25) is 0 Å². The molecule has 2 heterocycles. The minimum absolute atomic E-state index is 0.152. The summed E-state index contributed by atoms with van der Waals surface area (Å²) in [6, 6.07) is 2.08. The summed E-state index contributed by atoms with van der Waals surface area (Å²) >= 11 is 0.731. The monoisotopic (exact) mass is 1730 g/mol. The molecule has 0 bridgehead atoms. The summed E-state index contributed by atoms with van der Waals surface area (Å²) in [6.07, 6.45) is -0.205. The number of aromatic nitrogens is 2. The Morgan fingerprint density at radius 3 is 1.25 bits per heavy atom. The van der Waals surface area contributed by atoms with Crippen molar-refractivity contribution in [2.75, 3.05) is 37.7 Å². The third-order valence-corrected chi connectivity index (χ3v) is 20.2. The van der Waals surface area contributed by atoms with Crippen molar-refractivity contribution in [3.8, 4) is 23.0 Å².